The summed E-state index contributed by atoms with van der Waals surface area (Å²) in [6, 6.07) is 5.57. The molecule has 1 heterocycles. The maximum atomic E-state index is 12.7. The lowest BCUT2D eigenvalue weighted by atomic mass is 9.78. The van der Waals surface area contributed by atoms with Crippen molar-refractivity contribution in [3.05, 3.63) is 23.2 Å². The third-order valence-corrected chi connectivity index (χ3v) is 6.76. The highest BCUT2D eigenvalue weighted by atomic mass is 35.5. The fourth-order valence-corrected chi connectivity index (χ4v) is 4.49. The lowest BCUT2D eigenvalue weighted by Gasteiger charge is -2.35. The van der Waals surface area contributed by atoms with Crippen LogP contribution in [0.25, 0.3) is 11.4 Å². The molecule has 1 fully saturated rings. The number of thioether (sulfide) groups is 1. The van der Waals surface area contributed by atoms with Crippen LogP contribution in [0.4, 0.5) is 0 Å². The number of hydrogen-bond donors (Lipinski definition) is 2. The van der Waals surface area contributed by atoms with Gasteiger partial charge in [0.05, 0.1) is 17.9 Å². The SMILES string of the molecule is COc1ccc(Cl)cc1-c1nc(S[C@H](C)C(=O)N[C@H]2CCC[C@@H](C)[C@H]2C)n[nH]1. The number of ether oxygens (including phenoxy) is 1. The van der Waals surface area contributed by atoms with E-state index in [0.717, 1.165) is 12.0 Å². The molecule has 0 bridgehead atoms. The number of methoxy groups -OCH3 is 1. The Balaban J connectivity index is 1.64. The predicted octanol–water partition coefficient (Wildman–Crippen LogP) is 4.56. The van der Waals surface area contributed by atoms with Crippen molar-refractivity contribution in [1.29, 1.82) is 0 Å². The molecular weight excluding hydrogens is 396 g/mol. The lowest BCUT2D eigenvalue weighted by Crippen LogP contribution is -2.46. The number of amides is 1. The van der Waals surface area contributed by atoms with E-state index < -0.39 is 0 Å². The first-order valence-corrected chi connectivity index (χ1v) is 10.9. The zero-order chi connectivity index (χ0) is 20.3. The van der Waals surface area contributed by atoms with E-state index in [1.165, 1.54) is 24.6 Å². The van der Waals surface area contributed by atoms with Gasteiger partial charge in [-0.2, -0.15) is 0 Å². The minimum absolute atomic E-state index is 0.0302. The third kappa shape index (κ3) is 4.81. The first-order chi connectivity index (χ1) is 13.4. The van der Waals surface area contributed by atoms with Crippen LogP contribution in [-0.2, 0) is 4.79 Å². The van der Waals surface area contributed by atoms with Gasteiger partial charge in [-0.3, -0.25) is 9.89 Å². The fourth-order valence-electron chi connectivity index (χ4n) is 3.58. The number of aromatic amines is 1. The van der Waals surface area contributed by atoms with Crippen LogP contribution in [0.5, 0.6) is 5.75 Å². The molecule has 6 nitrogen and oxygen atoms in total. The van der Waals surface area contributed by atoms with E-state index in [2.05, 4.69) is 34.3 Å². The molecule has 8 heteroatoms. The maximum absolute atomic E-state index is 12.7. The molecule has 1 aromatic carbocycles. The molecule has 0 spiro atoms. The Morgan fingerprint density at radius 2 is 2.18 bits per heavy atom. The number of H-pyrrole nitrogens is 1. The number of rotatable bonds is 6. The molecule has 152 valence electrons. The second-order valence-corrected chi connectivity index (χ2v) is 9.20. The van der Waals surface area contributed by atoms with Gasteiger partial charge in [-0.15, -0.1) is 5.10 Å². The van der Waals surface area contributed by atoms with Gasteiger partial charge in [0.2, 0.25) is 11.1 Å². The summed E-state index contributed by atoms with van der Waals surface area (Å²) in [7, 11) is 1.60. The standard InChI is InChI=1S/C20H27ClN4O2S/c1-11-6-5-7-16(12(11)2)22-19(26)13(3)28-20-23-18(24-25-20)15-10-14(21)8-9-17(15)27-4/h8-13,16H,5-7H2,1-4H3,(H,22,26)(H,23,24,25)/t11-,12-,13-,16+/m1/s1. The van der Waals surface area contributed by atoms with Crippen molar-refractivity contribution in [1.82, 2.24) is 20.5 Å². The van der Waals surface area contributed by atoms with Crippen molar-refractivity contribution in [3.63, 3.8) is 0 Å². The average Bonchev–Trinajstić information content (AvgIpc) is 3.13. The minimum atomic E-state index is -0.283. The first-order valence-electron chi connectivity index (χ1n) is 9.62. The summed E-state index contributed by atoms with van der Waals surface area (Å²) in [5.41, 5.74) is 0.733. The number of carbonyl (C=O) groups excluding carboxylic acids is 1. The first kappa shape index (κ1) is 21.0. The summed E-state index contributed by atoms with van der Waals surface area (Å²) >= 11 is 7.43. The Morgan fingerprint density at radius 3 is 2.93 bits per heavy atom. The summed E-state index contributed by atoms with van der Waals surface area (Å²) < 4.78 is 5.37. The van der Waals surface area contributed by atoms with Gasteiger partial charge in [0.1, 0.15) is 5.75 Å². The van der Waals surface area contributed by atoms with E-state index in [4.69, 9.17) is 16.3 Å². The number of hydrogen-bond acceptors (Lipinski definition) is 5. The quantitative estimate of drug-likeness (QED) is 0.667. The van der Waals surface area contributed by atoms with E-state index >= 15 is 0 Å². The molecule has 2 N–H and O–H groups in total. The summed E-state index contributed by atoms with van der Waals surface area (Å²) in [5, 5.41) is 11.2. The molecule has 3 rings (SSSR count). The molecule has 0 unspecified atom stereocenters. The van der Waals surface area contributed by atoms with Crippen molar-refractivity contribution in [2.24, 2.45) is 11.8 Å². The van der Waals surface area contributed by atoms with Gasteiger partial charge in [0.25, 0.3) is 0 Å². The van der Waals surface area contributed by atoms with E-state index in [9.17, 15) is 4.79 Å². The highest BCUT2D eigenvalue weighted by Gasteiger charge is 2.29. The van der Waals surface area contributed by atoms with Crippen molar-refractivity contribution < 1.29 is 9.53 Å². The topological polar surface area (TPSA) is 79.9 Å². The second kappa shape index (κ2) is 9.18. The molecule has 1 aliphatic rings. The van der Waals surface area contributed by atoms with Gasteiger partial charge in [-0.25, -0.2) is 4.98 Å². The molecule has 0 aliphatic heterocycles. The lowest BCUT2D eigenvalue weighted by molar-refractivity contribution is -0.121. The van der Waals surface area contributed by atoms with Gasteiger partial charge in [0, 0.05) is 11.1 Å². The molecule has 1 aromatic heterocycles. The van der Waals surface area contributed by atoms with Crippen LogP contribution in [0, 0.1) is 11.8 Å². The fraction of sp³-hybridized carbons (Fsp3) is 0.550. The highest BCUT2D eigenvalue weighted by Crippen LogP contribution is 2.32. The average molecular weight is 423 g/mol. The maximum Gasteiger partial charge on any atom is 0.233 e. The van der Waals surface area contributed by atoms with Crippen molar-refractivity contribution in [3.8, 4) is 17.1 Å². The summed E-state index contributed by atoms with van der Waals surface area (Å²) in [4.78, 5) is 17.2. The van der Waals surface area contributed by atoms with Crippen LogP contribution in [0.1, 0.15) is 40.0 Å². The zero-order valence-electron chi connectivity index (χ0n) is 16.7. The largest absolute Gasteiger partial charge is 0.496 e. The second-order valence-electron chi connectivity index (χ2n) is 7.45. The molecule has 28 heavy (non-hydrogen) atoms. The molecule has 1 amide bonds. The number of aromatic nitrogens is 3. The molecule has 0 saturated heterocycles. The van der Waals surface area contributed by atoms with Gasteiger partial charge in [-0.05, 0) is 43.4 Å². The number of nitrogens with one attached hydrogen (secondary N) is 2. The van der Waals surface area contributed by atoms with E-state index in [-0.39, 0.29) is 17.2 Å². The molecule has 1 aliphatic carbocycles. The highest BCUT2D eigenvalue weighted by molar-refractivity contribution is 8.00. The zero-order valence-corrected chi connectivity index (χ0v) is 18.2. The molecule has 0 radical (unpaired) electrons. The monoisotopic (exact) mass is 422 g/mol. The van der Waals surface area contributed by atoms with Crippen LogP contribution < -0.4 is 10.1 Å². The molecule has 1 saturated carbocycles. The van der Waals surface area contributed by atoms with E-state index in [1.54, 1.807) is 25.3 Å². The number of nitrogens with zero attached hydrogens (tertiary/aromatic N) is 2. The minimum Gasteiger partial charge on any atom is -0.496 e. The van der Waals surface area contributed by atoms with Gasteiger partial charge in [-0.1, -0.05) is 50.1 Å². The van der Waals surface area contributed by atoms with Crippen LogP contribution in [0.2, 0.25) is 5.02 Å². The smallest absolute Gasteiger partial charge is 0.233 e. The number of carbonyl (C=O) groups is 1. The normalized spacial score (nSPS) is 23.2. The van der Waals surface area contributed by atoms with Crippen molar-refractivity contribution in [2.75, 3.05) is 7.11 Å². The van der Waals surface area contributed by atoms with Gasteiger partial charge >= 0.3 is 0 Å². The van der Waals surface area contributed by atoms with Crippen LogP contribution in [0.15, 0.2) is 23.4 Å². The Morgan fingerprint density at radius 1 is 1.39 bits per heavy atom. The van der Waals surface area contributed by atoms with Crippen LogP contribution >= 0.6 is 23.4 Å². The third-order valence-electron chi connectivity index (χ3n) is 5.57. The van der Waals surface area contributed by atoms with E-state index in [0.29, 0.717) is 33.6 Å². The van der Waals surface area contributed by atoms with Gasteiger partial charge in [0.15, 0.2) is 5.82 Å². The number of benzene rings is 1. The summed E-state index contributed by atoms with van der Waals surface area (Å²) in [5.74, 6) is 2.39. The van der Waals surface area contributed by atoms with Crippen LogP contribution in [0.3, 0.4) is 0 Å². The Kier molecular flexibility index (Phi) is 6.88. The van der Waals surface area contributed by atoms with Crippen LogP contribution in [-0.4, -0.2) is 39.5 Å². The molecule has 2 aromatic rings. The number of halogens is 1. The van der Waals surface area contributed by atoms with Crippen molar-refractivity contribution >= 4 is 29.3 Å². The Hall–Kier alpha value is -1.73. The summed E-state index contributed by atoms with van der Waals surface area (Å²) in [6.07, 6.45) is 3.46. The predicted molar refractivity (Wildman–Crippen MR) is 113 cm³/mol. The van der Waals surface area contributed by atoms with Gasteiger partial charge < -0.3 is 10.1 Å². The van der Waals surface area contributed by atoms with Crippen molar-refractivity contribution in [2.45, 2.75) is 56.5 Å². The Labute approximate surface area is 175 Å². The summed E-state index contributed by atoms with van der Waals surface area (Å²) in [6.45, 7) is 6.37. The Bertz CT molecular complexity index is 828. The molecular formula is C20H27ClN4O2S. The molecule has 4 atom stereocenters. The van der Waals surface area contributed by atoms with E-state index in [1.807, 2.05) is 6.92 Å².